The second-order valence-electron chi connectivity index (χ2n) is 4.54. The monoisotopic (exact) mass is 372 g/mol. The first-order valence-corrected chi connectivity index (χ1v) is 9.73. The molecule has 0 aliphatic heterocycles. The van der Waals surface area contributed by atoms with Gasteiger partial charge in [0.15, 0.2) is 0 Å². The van der Waals surface area contributed by atoms with Crippen molar-refractivity contribution < 1.29 is 16.8 Å². The Morgan fingerprint density at radius 2 is 1.57 bits per heavy atom. The second-order valence-corrected chi connectivity index (χ2v) is 8.08. The molecular weight excluding hydrogens is 360 g/mol. The Morgan fingerprint density at radius 3 is 2.17 bits per heavy atom. The summed E-state index contributed by atoms with van der Waals surface area (Å²) in [4.78, 5) is -0.302. The number of anilines is 1. The molecule has 0 unspecified atom stereocenters. The quantitative estimate of drug-likeness (QED) is 0.840. The predicted molar refractivity (Wildman–Crippen MR) is 90.8 cm³/mol. The van der Waals surface area contributed by atoms with E-state index in [4.69, 9.17) is 16.7 Å². The SMILES string of the molecule is NS(=O)(=O)c1ccccc1NS(=O)(=O)C=Cc1ccc(Cl)cc1. The van der Waals surface area contributed by atoms with Crippen LogP contribution < -0.4 is 9.86 Å². The largest absolute Gasteiger partial charge is 0.279 e. The molecular formula is C14H13ClN2O4S2. The van der Waals surface area contributed by atoms with Crippen molar-refractivity contribution in [1.82, 2.24) is 0 Å². The van der Waals surface area contributed by atoms with Gasteiger partial charge in [0.1, 0.15) is 4.90 Å². The predicted octanol–water partition coefficient (Wildman–Crippen LogP) is 2.40. The van der Waals surface area contributed by atoms with Gasteiger partial charge in [-0.3, -0.25) is 4.72 Å². The van der Waals surface area contributed by atoms with Gasteiger partial charge < -0.3 is 0 Å². The number of sulfonamides is 2. The van der Waals surface area contributed by atoms with Crippen molar-refractivity contribution in [2.75, 3.05) is 4.72 Å². The van der Waals surface area contributed by atoms with Crippen LogP contribution in [0.2, 0.25) is 5.02 Å². The first-order valence-electron chi connectivity index (χ1n) is 6.26. The number of nitrogens with two attached hydrogens (primary N) is 1. The van der Waals surface area contributed by atoms with Gasteiger partial charge in [-0.05, 0) is 35.9 Å². The molecule has 122 valence electrons. The van der Waals surface area contributed by atoms with Gasteiger partial charge >= 0.3 is 0 Å². The summed E-state index contributed by atoms with van der Waals surface area (Å²) in [5, 5.41) is 6.52. The molecule has 0 aromatic heterocycles. The van der Waals surface area contributed by atoms with E-state index in [0.717, 1.165) is 5.41 Å². The second kappa shape index (κ2) is 6.71. The number of para-hydroxylation sites is 1. The molecule has 0 spiro atoms. The highest BCUT2D eigenvalue weighted by Crippen LogP contribution is 2.21. The van der Waals surface area contributed by atoms with Gasteiger partial charge in [-0.2, -0.15) is 0 Å². The maximum absolute atomic E-state index is 12.1. The summed E-state index contributed by atoms with van der Waals surface area (Å²) in [6.07, 6.45) is 1.36. The van der Waals surface area contributed by atoms with Crippen LogP contribution in [0.5, 0.6) is 0 Å². The van der Waals surface area contributed by atoms with Crippen LogP contribution >= 0.6 is 11.6 Å². The van der Waals surface area contributed by atoms with E-state index >= 15 is 0 Å². The first kappa shape index (κ1) is 17.5. The van der Waals surface area contributed by atoms with Crippen molar-refractivity contribution in [3.05, 3.63) is 64.5 Å². The Bertz CT molecular complexity index is 937. The zero-order valence-electron chi connectivity index (χ0n) is 11.7. The number of halogens is 1. The molecule has 2 rings (SSSR count). The Balaban J connectivity index is 2.27. The maximum Gasteiger partial charge on any atom is 0.255 e. The molecule has 2 aromatic rings. The lowest BCUT2D eigenvalue weighted by Gasteiger charge is -2.08. The highest BCUT2D eigenvalue weighted by Gasteiger charge is 2.16. The molecule has 2 aromatic carbocycles. The van der Waals surface area contributed by atoms with Gasteiger partial charge in [-0.1, -0.05) is 35.9 Å². The molecule has 0 heterocycles. The summed E-state index contributed by atoms with van der Waals surface area (Å²) in [5.41, 5.74) is 0.510. The van der Waals surface area contributed by atoms with Crippen molar-refractivity contribution in [2.24, 2.45) is 5.14 Å². The lowest BCUT2D eigenvalue weighted by atomic mass is 10.2. The fraction of sp³-hybridized carbons (Fsp3) is 0. The molecule has 0 saturated heterocycles. The number of rotatable bonds is 5. The molecule has 0 radical (unpaired) electrons. The fourth-order valence-corrected chi connectivity index (χ4v) is 3.50. The molecule has 0 amide bonds. The highest BCUT2D eigenvalue weighted by molar-refractivity contribution is 7.95. The third-order valence-corrected chi connectivity index (χ3v) is 4.98. The third-order valence-electron chi connectivity index (χ3n) is 2.76. The van der Waals surface area contributed by atoms with Crippen LogP contribution in [-0.4, -0.2) is 16.8 Å². The average Bonchev–Trinajstić information content (AvgIpc) is 2.46. The van der Waals surface area contributed by atoms with E-state index in [1.54, 1.807) is 24.3 Å². The van der Waals surface area contributed by atoms with Crippen molar-refractivity contribution in [3.63, 3.8) is 0 Å². The topological polar surface area (TPSA) is 106 Å². The molecule has 0 aliphatic carbocycles. The zero-order valence-corrected chi connectivity index (χ0v) is 14.1. The third kappa shape index (κ3) is 5.07. The summed E-state index contributed by atoms with van der Waals surface area (Å²) < 4.78 is 49.2. The van der Waals surface area contributed by atoms with Crippen LogP contribution in [0.25, 0.3) is 6.08 Å². The normalized spacial score (nSPS) is 12.4. The zero-order chi connectivity index (χ0) is 17.1. The van der Waals surface area contributed by atoms with Gasteiger partial charge in [0.05, 0.1) is 11.1 Å². The van der Waals surface area contributed by atoms with Crippen molar-refractivity contribution >= 4 is 43.4 Å². The van der Waals surface area contributed by atoms with Crippen molar-refractivity contribution in [1.29, 1.82) is 0 Å². The number of hydrogen-bond donors (Lipinski definition) is 2. The minimum absolute atomic E-state index is 0.115. The number of nitrogens with one attached hydrogen (secondary N) is 1. The van der Waals surface area contributed by atoms with Crippen LogP contribution in [0, 0.1) is 0 Å². The van der Waals surface area contributed by atoms with E-state index < -0.39 is 20.0 Å². The highest BCUT2D eigenvalue weighted by atomic mass is 35.5. The van der Waals surface area contributed by atoms with E-state index in [1.165, 1.54) is 30.3 Å². The molecule has 0 bridgehead atoms. The van der Waals surface area contributed by atoms with Crippen LogP contribution in [0.15, 0.2) is 58.8 Å². The molecule has 23 heavy (non-hydrogen) atoms. The molecule has 9 heteroatoms. The van der Waals surface area contributed by atoms with Gasteiger partial charge in [0.2, 0.25) is 10.0 Å². The van der Waals surface area contributed by atoms with E-state index in [1.807, 2.05) is 0 Å². The maximum atomic E-state index is 12.1. The van der Waals surface area contributed by atoms with Gasteiger partial charge in [-0.15, -0.1) is 0 Å². The summed E-state index contributed by atoms with van der Waals surface area (Å²) in [5.74, 6) is 0. The number of primary sulfonamides is 1. The first-order chi connectivity index (χ1) is 10.7. The van der Waals surface area contributed by atoms with Crippen LogP contribution in [-0.2, 0) is 20.0 Å². The summed E-state index contributed by atoms with van der Waals surface area (Å²) in [6.45, 7) is 0. The molecule has 6 nitrogen and oxygen atoms in total. The standard InChI is InChI=1S/C14H13ClN2O4S2/c15-12-7-5-11(6-8-12)9-10-22(18,19)17-13-3-1-2-4-14(13)23(16,20)21/h1-10,17H,(H2,16,20,21). The van der Waals surface area contributed by atoms with E-state index in [9.17, 15) is 16.8 Å². The van der Waals surface area contributed by atoms with Gasteiger partial charge in [0.25, 0.3) is 10.0 Å². The Labute approximate surface area is 139 Å². The van der Waals surface area contributed by atoms with E-state index in [0.29, 0.717) is 10.6 Å². The number of hydrogen-bond acceptors (Lipinski definition) is 4. The van der Waals surface area contributed by atoms with Gasteiger partial charge in [0, 0.05) is 5.02 Å². The summed E-state index contributed by atoms with van der Waals surface area (Å²) >= 11 is 5.75. The van der Waals surface area contributed by atoms with E-state index in [-0.39, 0.29) is 10.6 Å². The summed E-state index contributed by atoms with van der Waals surface area (Å²) in [7, 11) is -7.95. The van der Waals surface area contributed by atoms with Crippen molar-refractivity contribution in [3.8, 4) is 0 Å². The van der Waals surface area contributed by atoms with Gasteiger partial charge in [-0.25, -0.2) is 22.0 Å². The minimum Gasteiger partial charge on any atom is -0.279 e. The summed E-state index contributed by atoms with van der Waals surface area (Å²) in [6, 6.07) is 12.0. The fourth-order valence-electron chi connectivity index (χ4n) is 1.73. The molecule has 3 N–H and O–H groups in total. The Hall–Kier alpha value is -1.87. The average molecular weight is 373 g/mol. The molecule has 0 fully saturated rings. The van der Waals surface area contributed by atoms with Crippen LogP contribution in [0.3, 0.4) is 0 Å². The Morgan fingerprint density at radius 1 is 0.957 bits per heavy atom. The lowest BCUT2D eigenvalue weighted by Crippen LogP contribution is -2.17. The van der Waals surface area contributed by atoms with Crippen LogP contribution in [0.1, 0.15) is 5.56 Å². The lowest BCUT2D eigenvalue weighted by molar-refractivity contribution is 0.598. The smallest absolute Gasteiger partial charge is 0.255 e. The number of benzene rings is 2. The van der Waals surface area contributed by atoms with E-state index in [2.05, 4.69) is 4.72 Å². The van der Waals surface area contributed by atoms with Crippen molar-refractivity contribution in [2.45, 2.75) is 4.90 Å². The Kier molecular flexibility index (Phi) is 5.10. The molecule has 0 atom stereocenters. The minimum atomic E-state index is -4.04. The molecule has 0 saturated carbocycles. The molecule has 0 aliphatic rings. The van der Waals surface area contributed by atoms with Crippen LogP contribution in [0.4, 0.5) is 5.69 Å².